The molecular weight excluding hydrogens is 430 g/mol. The van der Waals surface area contributed by atoms with Gasteiger partial charge in [-0.15, -0.1) is 11.8 Å². The van der Waals surface area contributed by atoms with Gasteiger partial charge in [0.1, 0.15) is 12.2 Å². The van der Waals surface area contributed by atoms with Crippen molar-refractivity contribution in [3.63, 3.8) is 0 Å². The van der Waals surface area contributed by atoms with Gasteiger partial charge in [0.15, 0.2) is 5.96 Å². The van der Waals surface area contributed by atoms with E-state index in [1.165, 1.54) is 23.6 Å². The topological polar surface area (TPSA) is 195 Å². The van der Waals surface area contributed by atoms with E-state index in [0.717, 1.165) is 0 Å². The SMILES string of the molecule is C[C@H]1C(S[C@@H]2CN[C@H](C(=O)NC(N)=NCC(=O)O)C2)=C(C(=O)O)N2C(=O)[C@H]([C@@H](C)O)C12. The molecule has 0 aromatic carbocycles. The molecule has 0 bridgehead atoms. The van der Waals surface area contributed by atoms with Gasteiger partial charge in [-0.05, 0) is 13.3 Å². The van der Waals surface area contributed by atoms with Gasteiger partial charge in [-0.3, -0.25) is 19.7 Å². The molecule has 0 aliphatic carbocycles. The fraction of sp³-hybridized carbons (Fsp3) is 0.611. The number of amides is 2. The number of carbonyl (C=O) groups excluding carboxylic acids is 2. The van der Waals surface area contributed by atoms with Crippen LogP contribution in [0.25, 0.3) is 0 Å². The van der Waals surface area contributed by atoms with Crippen LogP contribution >= 0.6 is 11.8 Å². The van der Waals surface area contributed by atoms with Crippen LogP contribution in [0.15, 0.2) is 15.6 Å². The molecule has 3 heterocycles. The first-order valence-electron chi connectivity index (χ1n) is 9.74. The van der Waals surface area contributed by atoms with Crippen molar-refractivity contribution in [3.05, 3.63) is 10.6 Å². The quantitative estimate of drug-likeness (QED) is 0.144. The zero-order valence-corrected chi connectivity index (χ0v) is 17.8. The molecular formula is C18H25N5O7S. The maximum absolute atomic E-state index is 12.4. The number of thioether (sulfide) groups is 1. The van der Waals surface area contributed by atoms with Gasteiger partial charge in [0, 0.05) is 22.6 Å². The molecule has 0 radical (unpaired) electrons. The molecule has 3 aliphatic rings. The Labute approximate surface area is 181 Å². The van der Waals surface area contributed by atoms with Gasteiger partial charge in [-0.1, -0.05) is 6.92 Å². The number of nitrogens with zero attached hydrogens (tertiary/aromatic N) is 2. The van der Waals surface area contributed by atoms with Crippen LogP contribution in [-0.2, 0) is 19.2 Å². The van der Waals surface area contributed by atoms with Crippen molar-refractivity contribution < 1.29 is 34.5 Å². The number of hydrogen-bond donors (Lipinski definition) is 6. The lowest BCUT2D eigenvalue weighted by molar-refractivity contribution is -0.163. The highest BCUT2D eigenvalue weighted by molar-refractivity contribution is 8.03. The molecule has 2 saturated heterocycles. The Kier molecular flexibility index (Phi) is 6.57. The third kappa shape index (κ3) is 4.38. The number of β-lactam (4-membered cyclic amide) rings is 1. The highest BCUT2D eigenvalue weighted by Gasteiger charge is 2.60. The standard InChI is InChI=1S/C18H25N5O7S/c1-6-12-11(7(2)24)16(28)23(12)13(17(29)30)14(6)31-8-3-9(20-4-8)15(27)22-18(19)21-5-10(25)26/h6-9,11-12,20,24H,3-5H2,1-2H3,(H,25,26)(H,29,30)(H3,19,21,22,27)/t6-,7-,8+,9+,11-,12?/m1/s1. The van der Waals surface area contributed by atoms with Crippen molar-refractivity contribution in [1.82, 2.24) is 15.5 Å². The minimum absolute atomic E-state index is 0.0534. The number of nitrogens with two attached hydrogens (primary N) is 1. The Morgan fingerprint density at radius 1 is 1.39 bits per heavy atom. The molecule has 0 aromatic rings. The highest BCUT2D eigenvalue weighted by atomic mass is 32.2. The minimum Gasteiger partial charge on any atom is -0.480 e. The van der Waals surface area contributed by atoms with Crippen molar-refractivity contribution in [2.24, 2.45) is 22.6 Å². The van der Waals surface area contributed by atoms with E-state index in [9.17, 15) is 29.4 Å². The average molecular weight is 455 g/mol. The summed E-state index contributed by atoms with van der Waals surface area (Å²) in [4.78, 5) is 52.4. The molecule has 2 fully saturated rings. The van der Waals surface area contributed by atoms with E-state index in [0.29, 0.717) is 17.9 Å². The van der Waals surface area contributed by atoms with Gasteiger partial charge in [0.2, 0.25) is 11.8 Å². The third-order valence-electron chi connectivity index (χ3n) is 5.65. The number of aliphatic hydroxyl groups is 1. The van der Waals surface area contributed by atoms with E-state index in [4.69, 9.17) is 10.8 Å². The molecule has 0 aromatic heterocycles. The van der Waals surface area contributed by atoms with Crippen LogP contribution < -0.4 is 16.4 Å². The third-order valence-corrected chi connectivity index (χ3v) is 7.16. The van der Waals surface area contributed by atoms with Gasteiger partial charge < -0.3 is 31.3 Å². The Morgan fingerprint density at radius 3 is 2.65 bits per heavy atom. The van der Waals surface area contributed by atoms with E-state index in [2.05, 4.69) is 15.6 Å². The Morgan fingerprint density at radius 2 is 2.06 bits per heavy atom. The second kappa shape index (κ2) is 8.85. The summed E-state index contributed by atoms with van der Waals surface area (Å²) in [6, 6.07) is -0.995. The van der Waals surface area contributed by atoms with Crippen molar-refractivity contribution in [1.29, 1.82) is 0 Å². The van der Waals surface area contributed by atoms with Gasteiger partial charge >= 0.3 is 11.9 Å². The second-order valence-corrected chi connectivity index (χ2v) is 9.13. The zero-order chi connectivity index (χ0) is 23.0. The number of aliphatic hydroxyl groups excluding tert-OH is 1. The maximum Gasteiger partial charge on any atom is 0.353 e. The van der Waals surface area contributed by atoms with Gasteiger partial charge in [-0.25, -0.2) is 9.79 Å². The van der Waals surface area contributed by atoms with Crippen LogP contribution in [0.2, 0.25) is 0 Å². The van der Waals surface area contributed by atoms with Gasteiger partial charge in [0.05, 0.1) is 24.1 Å². The smallest absolute Gasteiger partial charge is 0.353 e. The first kappa shape index (κ1) is 23.0. The normalized spacial score (nSPS) is 31.3. The first-order chi connectivity index (χ1) is 14.5. The predicted octanol–water partition coefficient (Wildman–Crippen LogP) is -1.88. The molecule has 7 N–H and O–H groups in total. The highest BCUT2D eigenvalue weighted by Crippen LogP contribution is 2.51. The summed E-state index contributed by atoms with van der Waals surface area (Å²) in [5.74, 6) is -4.40. The van der Waals surface area contributed by atoms with Crippen molar-refractivity contribution in [3.8, 4) is 0 Å². The Balaban J connectivity index is 1.66. The number of nitrogens with one attached hydrogen (secondary N) is 2. The molecule has 0 saturated carbocycles. The summed E-state index contributed by atoms with van der Waals surface area (Å²) in [5, 5.41) is 33.4. The fourth-order valence-corrected chi connectivity index (χ4v) is 5.74. The molecule has 6 atom stereocenters. The molecule has 2 amide bonds. The summed E-state index contributed by atoms with van der Waals surface area (Å²) >= 11 is 1.32. The molecule has 3 aliphatic heterocycles. The number of aliphatic imine (C=N–C) groups is 1. The number of guanidine groups is 1. The van der Waals surface area contributed by atoms with Gasteiger partial charge in [0.25, 0.3) is 0 Å². The summed E-state index contributed by atoms with van der Waals surface area (Å²) in [5.41, 5.74) is 5.45. The van der Waals surface area contributed by atoms with Gasteiger partial charge in [-0.2, -0.15) is 0 Å². The van der Waals surface area contributed by atoms with Crippen molar-refractivity contribution in [2.75, 3.05) is 13.1 Å². The number of hydrogen-bond acceptors (Lipinski definition) is 8. The largest absolute Gasteiger partial charge is 0.480 e. The molecule has 1 unspecified atom stereocenters. The lowest BCUT2D eigenvalue weighted by atomic mass is 9.79. The van der Waals surface area contributed by atoms with Crippen LogP contribution in [-0.4, -0.2) is 86.5 Å². The maximum atomic E-state index is 12.4. The average Bonchev–Trinajstić information content (AvgIpc) is 3.22. The number of rotatable bonds is 7. The fourth-order valence-electron chi connectivity index (χ4n) is 4.26. The minimum atomic E-state index is -1.20. The lowest BCUT2D eigenvalue weighted by Crippen LogP contribution is -2.63. The molecule has 31 heavy (non-hydrogen) atoms. The number of carbonyl (C=O) groups is 4. The van der Waals surface area contributed by atoms with Crippen molar-refractivity contribution >= 4 is 41.5 Å². The van der Waals surface area contributed by atoms with E-state index < -0.39 is 48.4 Å². The molecule has 12 nitrogen and oxygen atoms in total. The molecule has 3 rings (SSSR count). The summed E-state index contributed by atoms with van der Waals surface area (Å²) < 4.78 is 0. The number of carboxylic acids is 2. The van der Waals surface area contributed by atoms with E-state index in [1.54, 1.807) is 0 Å². The lowest BCUT2D eigenvalue weighted by Gasteiger charge is -2.46. The molecule has 0 spiro atoms. The van der Waals surface area contributed by atoms with E-state index in [1.807, 2.05) is 6.92 Å². The molecule has 13 heteroatoms. The van der Waals surface area contributed by atoms with Crippen LogP contribution in [0.1, 0.15) is 20.3 Å². The second-order valence-electron chi connectivity index (χ2n) is 7.79. The summed E-state index contributed by atoms with van der Waals surface area (Å²) in [6.45, 7) is 3.23. The number of aliphatic carboxylic acids is 2. The van der Waals surface area contributed by atoms with E-state index >= 15 is 0 Å². The van der Waals surface area contributed by atoms with Crippen LogP contribution in [0.3, 0.4) is 0 Å². The zero-order valence-electron chi connectivity index (χ0n) is 16.9. The van der Waals surface area contributed by atoms with Crippen LogP contribution in [0.4, 0.5) is 0 Å². The number of carboxylic acid groups (broad SMARTS) is 2. The van der Waals surface area contributed by atoms with Crippen LogP contribution in [0, 0.1) is 11.8 Å². The Bertz CT molecular complexity index is 873. The van der Waals surface area contributed by atoms with Crippen LogP contribution in [0.5, 0.6) is 0 Å². The van der Waals surface area contributed by atoms with Crippen molar-refractivity contribution in [2.45, 2.75) is 43.7 Å². The Hall–Kier alpha value is -2.64. The van der Waals surface area contributed by atoms with E-state index in [-0.39, 0.29) is 28.9 Å². The number of fused-ring (bicyclic) bond motifs is 1. The molecule has 170 valence electrons. The monoisotopic (exact) mass is 455 g/mol. The summed E-state index contributed by atoms with van der Waals surface area (Å²) in [7, 11) is 0. The predicted molar refractivity (Wildman–Crippen MR) is 110 cm³/mol. The summed E-state index contributed by atoms with van der Waals surface area (Å²) in [6.07, 6.45) is -0.491. The first-order valence-corrected chi connectivity index (χ1v) is 10.6.